The molecule has 4 nitrogen and oxygen atoms in total. The van der Waals surface area contributed by atoms with Crippen LogP contribution in [0.3, 0.4) is 0 Å². The Morgan fingerprint density at radius 2 is 1.79 bits per heavy atom. The van der Waals surface area contributed by atoms with Crippen LogP contribution >= 0.6 is 0 Å². The number of anilines is 1. The van der Waals surface area contributed by atoms with Crippen LogP contribution in [0.1, 0.15) is 19.5 Å². The van der Waals surface area contributed by atoms with Gasteiger partial charge in [0, 0.05) is 25.5 Å². The van der Waals surface area contributed by atoms with Gasteiger partial charge in [0.15, 0.2) is 0 Å². The highest BCUT2D eigenvalue weighted by Crippen LogP contribution is 2.23. The SMILES string of the molecule is CNC(C)(C)c1cncn1-c1ccc(N(C)C)cc1. The lowest BCUT2D eigenvalue weighted by molar-refractivity contribution is 0.425. The molecule has 0 bridgehead atoms. The highest BCUT2D eigenvalue weighted by molar-refractivity contribution is 5.50. The fraction of sp³-hybridized carbons (Fsp3) is 0.400. The number of nitrogens with one attached hydrogen (secondary N) is 1. The molecule has 0 radical (unpaired) electrons. The lowest BCUT2D eigenvalue weighted by Crippen LogP contribution is -2.35. The van der Waals surface area contributed by atoms with Crippen molar-refractivity contribution in [3.8, 4) is 5.69 Å². The highest BCUT2D eigenvalue weighted by Gasteiger charge is 2.22. The van der Waals surface area contributed by atoms with Crippen LogP contribution in [0.5, 0.6) is 0 Å². The van der Waals surface area contributed by atoms with E-state index in [2.05, 4.69) is 57.9 Å². The molecule has 1 heterocycles. The third-order valence-electron chi connectivity index (χ3n) is 3.55. The molecule has 0 saturated heterocycles. The Morgan fingerprint density at radius 3 is 2.32 bits per heavy atom. The maximum absolute atomic E-state index is 4.28. The Balaban J connectivity index is 2.40. The molecule has 0 spiro atoms. The monoisotopic (exact) mass is 258 g/mol. The fourth-order valence-electron chi connectivity index (χ4n) is 2.00. The van der Waals surface area contributed by atoms with Crippen LogP contribution in [0.15, 0.2) is 36.8 Å². The van der Waals surface area contributed by atoms with Crippen LogP contribution in [-0.4, -0.2) is 30.7 Å². The first-order valence-electron chi connectivity index (χ1n) is 6.45. The molecule has 0 aliphatic rings. The average Bonchev–Trinajstić information content (AvgIpc) is 2.89. The van der Waals surface area contributed by atoms with E-state index in [1.807, 2.05) is 33.7 Å². The van der Waals surface area contributed by atoms with Gasteiger partial charge in [-0.15, -0.1) is 0 Å². The third-order valence-corrected chi connectivity index (χ3v) is 3.55. The smallest absolute Gasteiger partial charge is 0.0994 e. The quantitative estimate of drug-likeness (QED) is 0.914. The molecule has 0 aliphatic heterocycles. The number of hydrogen-bond donors (Lipinski definition) is 1. The summed E-state index contributed by atoms with van der Waals surface area (Å²) in [5.41, 5.74) is 3.35. The number of hydrogen-bond acceptors (Lipinski definition) is 3. The zero-order chi connectivity index (χ0) is 14.0. The predicted octanol–water partition coefficient (Wildman–Crippen LogP) is 2.39. The van der Waals surface area contributed by atoms with Gasteiger partial charge in [0.25, 0.3) is 0 Å². The van der Waals surface area contributed by atoms with E-state index in [0.717, 1.165) is 11.4 Å². The number of imidazole rings is 1. The lowest BCUT2D eigenvalue weighted by Gasteiger charge is -2.25. The second kappa shape index (κ2) is 5.05. The van der Waals surface area contributed by atoms with E-state index in [4.69, 9.17) is 0 Å². The molecule has 1 aromatic carbocycles. The van der Waals surface area contributed by atoms with E-state index in [9.17, 15) is 0 Å². The molecule has 2 rings (SSSR count). The Bertz CT molecular complexity index is 538. The van der Waals surface area contributed by atoms with Gasteiger partial charge in [-0.3, -0.25) is 0 Å². The first-order valence-corrected chi connectivity index (χ1v) is 6.45. The van der Waals surface area contributed by atoms with Crippen molar-refractivity contribution in [3.05, 3.63) is 42.5 Å². The molecular weight excluding hydrogens is 236 g/mol. The summed E-state index contributed by atoms with van der Waals surface area (Å²) in [5.74, 6) is 0. The van der Waals surface area contributed by atoms with E-state index in [-0.39, 0.29) is 5.54 Å². The van der Waals surface area contributed by atoms with Gasteiger partial charge in [-0.25, -0.2) is 4.98 Å². The van der Waals surface area contributed by atoms with Crippen LogP contribution in [0, 0.1) is 0 Å². The van der Waals surface area contributed by atoms with Crippen molar-refractivity contribution in [2.75, 3.05) is 26.0 Å². The first kappa shape index (κ1) is 13.6. The zero-order valence-corrected chi connectivity index (χ0v) is 12.3. The van der Waals surface area contributed by atoms with Crippen molar-refractivity contribution in [1.29, 1.82) is 0 Å². The van der Waals surface area contributed by atoms with Crippen molar-refractivity contribution in [3.63, 3.8) is 0 Å². The summed E-state index contributed by atoms with van der Waals surface area (Å²) in [5, 5.41) is 3.31. The summed E-state index contributed by atoms with van der Waals surface area (Å²) in [4.78, 5) is 6.38. The van der Waals surface area contributed by atoms with Gasteiger partial charge < -0.3 is 14.8 Å². The molecule has 1 N–H and O–H groups in total. The van der Waals surface area contributed by atoms with Gasteiger partial charge in [0.05, 0.1) is 23.8 Å². The van der Waals surface area contributed by atoms with Gasteiger partial charge in [-0.2, -0.15) is 0 Å². The van der Waals surface area contributed by atoms with Crippen LogP contribution in [0.2, 0.25) is 0 Å². The minimum absolute atomic E-state index is 0.114. The van der Waals surface area contributed by atoms with Crippen molar-refractivity contribution >= 4 is 5.69 Å². The van der Waals surface area contributed by atoms with Crippen molar-refractivity contribution in [2.45, 2.75) is 19.4 Å². The molecule has 2 aromatic rings. The average molecular weight is 258 g/mol. The largest absolute Gasteiger partial charge is 0.378 e. The summed E-state index contributed by atoms with van der Waals surface area (Å²) in [6.45, 7) is 4.30. The molecular formula is C15H22N4. The van der Waals surface area contributed by atoms with E-state index in [0.29, 0.717) is 0 Å². The van der Waals surface area contributed by atoms with Crippen molar-refractivity contribution in [2.24, 2.45) is 0 Å². The van der Waals surface area contributed by atoms with Gasteiger partial charge in [-0.1, -0.05) is 0 Å². The Kier molecular flexibility index (Phi) is 3.62. The summed E-state index contributed by atoms with van der Waals surface area (Å²) in [7, 11) is 6.05. The minimum atomic E-state index is -0.114. The maximum atomic E-state index is 4.28. The van der Waals surface area contributed by atoms with Crippen LogP contribution < -0.4 is 10.2 Å². The van der Waals surface area contributed by atoms with Crippen LogP contribution in [0.25, 0.3) is 5.69 Å². The van der Waals surface area contributed by atoms with E-state index < -0.39 is 0 Å². The molecule has 19 heavy (non-hydrogen) atoms. The van der Waals surface area contributed by atoms with E-state index >= 15 is 0 Å². The summed E-state index contributed by atoms with van der Waals surface area (Å²) >= 11 is 0. The number of nitrogens with zero attached hydrogens (tertiary/aromatic N) is 3. The molecule has 0 unspecified atom stereocenters. The van der Waals surface area contributed by atoms with E-state index in [1.54, 1.807) is 0 Å². The van der Waals surface area contributed by atoms with Crippen molar-refractivity contribution < 1.29 is 0 Å². The van der Waals surface area contributed by atoms with Gasteiger partial charge >= 0.3 is 0 Å². The Labute approximate surface area is 115 Å². The van der Waals surface area contributed by atoms with E-state index in [1.165, 1.54) is 5.69 Å². The normalized spacial score (nSPS) is 11.6. The summed E-state index contributed by atoms with van der Waals surface area (Å²) in [6.07, 6.45) is 3.77. The lowest BCUT2D eigenvalue weighted by atomic mass is 10.0. The van der Waals surface area contributed by atoms with Crippen LogP contribution in [-0.2, 0) is 5.54 Å². The zero-order valence-electron chi connectivity index (χ0n) is 12.3. The van der Waals surface area contributed by atoms with Gasteiger partial charge in [0.2, 0.25) is 0 Å². The fourth-order valence-corrected chi connectivity index (χ4v) is 2.00. The topological polar surface area (TPSA) is 33.1 Å². The van der Waals surface area contributed by atoms with Crippen molar-refractivity contribution in [1.82, 2.24) is 14.9 Å². The molecule has 0 aliphatic carbocycles. The van der Waals surface area contributed by atoms with Gasteiger partial charge in [-0.05, 0) is 45.2 Å². The Hall–Kier alpha value is -1.81. The van der Waals surface area contributed by atoms with Gasteiger partial charge in [0.1, 0.15) is 0 Å². The molecule has 1 aromatic heterocycles. The number of rotatable bonds is 4. The summed E-state index contributed by atoms with van der Waals surface area (Å²) < 4.78 is 2.12. The molecule has 0 atom stereocenters. The molecule has 102 valence electrons. The molecule has 0 fully saturated rings. The maximum Gasteiger partial charge on any atom is 0.0994 e. The number of benzene rings is 1. The minimum Gasteiger partial charge on any atom is -0.378 e. The summed E-state index contributed by atoms with van der Waals surface area (Å²) in [6, 6.07) is 8.47. The number of aromatic nitrogens is 2. The predicted molar refractivity (Wildman–Crippen MR) is 80.0 cm³/mol. The third kappa shape index (κ3) is 2.63. The molecule has 0 amide bonds. The second-order valence-corrected chi connectivity index (χ2v) is 5.43. The second-order valence-electron chi connectivity index (χ2n) is 5.43. The highest BCUT2D eigenvalue weighted by atomic mass is 15.1. The molecule has 4 heteroatoms. The first-order chi connectivity index (χ1) is 8.95. The Morgan fingerprint density at radius 1 is 1.16 bits per heavy atom. The standard InChI is InChI=1S/C15H22N4/c1-15(2,16-3)14-10-17-11-19(14)13-8-6-12(7-9-13)18(4)5/h6-11,16H,1-5H3. The van der Waals surface area contributed by atoms with Crippen LogP contribution in [0.4, 0.5) is 5.69 Å². The molecule has 0 saturated carbocycles.